The van der Waals surface area contributed by atoms with E-state index in [0.29, 0.717) is 26.4 Å². The number of ether oxygens (including phenoxy) is 2. The number of thiazole rings is 1. The van der Waals surface area contributed by atoms with Gasteiger partial charge < -0.3 is 9.47 Å². The van der Waals surface area contributed by atoms with Crippen LogP contribution < -0.4 is 19.6 Å². The van der Waals surface area contributed by atoms with Crippen LogP contribution in [-0.4, -0.2) is 30.5 Å². The van der Waals surface area contributed by atoms with Crippen molar-refractivity contribution in [1.82, 2.24) is 4.57 Å². The number of esters is 1. The third kappa shape index (κ3) is 4.64. The second-order valence-electron chi connectivity index (χ2n) is 7.47. The summed E-state index contributed by atoms with van der Waals surface area (Å²) in [6.07, 6.45) is 3.83. The van der Waals surface area contributed by atoms with Gasteiger partial charge >= 0.3 is 5.97 Å². The molecule has 1 atom stereocenters. The number of hydrogen-bond acceptors (Lipinski definition) is 7. The highest BCUT2D eigenvalue weighted by atomic mass is 79.9. The van der Waals surface area contributed by atoms with Crippen LogP contribution in [0.25, 0.3) is 6.08 Å². The molecule has 2 heterocycles. The number of benzene rings is 2. The first-order chi connectivity index (χ1) is 16.4. The van der Waals surface area contributed by atoms with Gasteiger partial charge in [0.25, 0.3) is 5.56 Å². The van der Waals surface area contributed by atoms with Crippen molar-refractivity contribution in [3.8, 4) is 5.75 Å². The van der Waals surface area contributed by atoms with Gasteiger partial charge in [-0.05, 0) is 77.5 Å². The van der Waals surface area contributed by atoms with Gasteiger partial charge in [-0.3, -0.25) is 9.36 Å². The maximum absolute atomic E-state index is 13.6. The van der Waals surface area contributed by atoms with E-state index in [2.05, 4.69) is 20.9 Å². The number of thioether (sulfide) groups is 1. The van der Waals surface area contributed by atoms with E-state index >= 15 is 0 Å². The third-order valence-electron chi connectivity index (χ3n) is 5.42. The molecule has 1 aliphatic heterocycles. The predicted octanol–water partition coefficient (Wildman–Crippen LogP) is 4.29. The number of aromatic nitrogens is 1. The number of carbonyl (C=O) groups is 1. The minimum absolute atomic E-state index is 0.205. The molecule has 1 aromatic heterocycles. The molecule has 2 aromatic carbocycles. The van der Waals surface area contributed by atoms with E-state index < -0.39 is 12.0 Å². The van der Waals surface area contributed by atoms with Gasteiger partial charge in [0, 0.05) is 4.90 Å². The number of halogens is 1. The maximum atomic E-state index is 13.6. The first kappa shape index (κ1) is 24.5. The van der Waals surface area contributed by atoms with Crippen LogP contribution in [0.15, 0.2) is 72.9 Å². The molecule has 1 aliphatic rings. The fourth-order valence-corrected chi connectivity index (χ4v) is 5.83. The van der Waals surface area contributed by atoms with Crippen molar-refractivity contribution in [3.05, 3.63) is 89.0 Å². The van der Waals surface area contributed by atoms with Crippen molar-refractivity contribution in [2.45, 2.75) is 24.8 Å². The van der Waals surface area contributed by atoms with Gasteiger partial charge in [0.05, 0.1) is 40.0 Å². The smallest absolute Gasteiger partial charge is 0.338 e. The van der Waals surface area contributed by atoms with Crippen LogP contribution >= 0.6 is 39.0 Å². The van der Waals surface area contributed by atoms with Gasteiger partial charge in [-0.25, -0.2) is 9.79 Å². The minimum Gasteiger partial charge on any atom is -0.496 e. The molecule has 0 N–H and O–H groups in total. The van der Waals surface area contributed by atoms with Crippen molar-refractivity contribution < 1.29 is 14.3 Å². The molecule has 0 saturated heterocycles. The van der Waals surface area contributed by atoms with Crippen LogP contribution in [0.2, 0.25) is 0 Å². The standard InChI is InChI=1S/C25H23BrN2O4S2/c1-5-32-24(30)21-14(2)27-25-28(22(21)16-7-9-17(33-4)10-8-16)23(29)20(34-25)13-15-6-11-19(31-3)18(26)12-15/h6-13,22H,5H2,1-4H3/b20-13-/t22-/m0/s1. The normalized spacial score (nSPS) is 15.7. The Bertz CT molecular complexity index is 1460. The Morgan fingerprint density at radius 1 is 1.26 bits per heavy atom. The fraction of sp³-hybridized carbons (Fsp3) is 0.240. The number of methoxy groups -OCH3 is 1. The topological polar surface area (TPSA) is 69.9 Å². The Kier molecular flexibility index (Phi) is 7.45. The van der Waals surface area contributed by atoms with E-state index in [1.807, 2.05) is 54.8 Å². The van der Waals surface area contributed by atoms with Crippen molar-refractivity contribution in [2.24, 2.45) is 4.99 Å². The molecule has 6 nitrogen and oxygen atoms in total. The van der Waals surface area contributed by atoms with Crippen LogP contribution in [-0.2, 0) is 9.53 Å². The molecule has 0 aliphatic carbocycles. The molecule has 34 heavy (non-hydrogen) atoms. The van der Waals surface area contributed by atoms with Crippen LogP contribution in [0.5, 0.6) is 5.75 Å². The Hall–Kier alpha value is -2.62. The lowest BCUT2D eigenvalue weighted by Crippen LogP contribution is -2.39. The monoisotopic (exact) mass is 558 g/mol. The molecule has 0 spiro atoms. The molecule has 0 unspecified atom stereocenters. The zero-order valence-electron chi connectivity index (χ0n) is 19.1. The van der Waals surface area contributed by atoms with E-state index in [-0.39, 0.29) is 12.2 Å². The molecular weight excluding hydrogens is 536 g/mol. The summed E-state index contributed by atoms with van der Waals surface area (Å²) in [6, 6.07) is 12.9. The van der Waals surface area contributed by atoms with Crippen LogP contribution in [0.3, 0.4) is 0 Å². The van der Waals surface area contributed by atoms with Crippen LogP contribution in [0, 0.1) is 0 Å². The lowest BCUT2D eigenvalue weighted by Gasteiger charge is -2.24. The SMILES string of the molecule is CCOC(=O)C1=C(C)N=c2s/c(=C\c3ccc(OC)c(Br)c3)c(=O)n2[C@H]1c1ccc(SC)cc1. The largest absolute Gasteiger partial charge is 0.496 e. The molecule has 9 heteroatoms. The number of allylic oxidation sites excluding steroid dienone is 1. The fourth-order valence-electron chi connectivity index (χ4n) is 3.82. The molecule has 3 aromatic rings. The first-order valence-electron chi connectivity index (χ1n) is 10.5. The maximum Gasteiger partial charge on any atom is 0.338 e. The average molecular weight is 560 g/mol. The van der Waals surface area contributed by atoms with Gasteiger partial charge in [0.1, 0.15) is 5.75 Å². The quantitative estimate of drug-likeness (QED) is 0.333. The summed E-state index contributed by atoms with van der Waals surface area (Å²) in [5.41, 5.74) is 2.40. The number of carbonyl (C=O) groups excluding carboxylic acids is 1. The first-order valence-corrected chi connectivity index (χ1v) is 13.4. The minimum atomic E-state index is -0.615. The number of nitrogens with zero attached hydrogens (tertiary/aromatic N) is 2. The Balaban J connectivity index is 1.92. The van der Waals surface area contributed by atoms with Crippen LogP contribution in [0.1, 0.15) is 31.0 Å². The summed E-state index contributed by atoms with van der Waals surface area (Å²) in [6.45, 7) is 3.79. The van der Waals surface area contributed by atoms with Gasteiger partial charge in [-0.2, -0.15) is 0 Å². The summed E-state index contributed by atoms with van der Waals surface area (Å²) in [5.74, 6) is 0.248. The summed E-state index contributed by atoms with van der Waals surface area (Å²) in [4.78, 5) is 32.8. The lowest BCUT2D eigenvalue weighted by molar-refractivity contribution is -0.139. The van der Waals surface area contributed by atoms with Gasteiger partial charge in [0.15, 0.2) is 4.80 Å². The molecule has 0 bridgehead atoms. The van der Waals surface area contributed by atoms with Crippen molar-refractivity contribution in [3.63, 3.8) is 0 Å². The second-order valence-corrected chi connectivity index (χ2v) is 10.2. The van der Waals surface area contributed by atoms with Gasteiger partial charge in [-0.15, -0.1) is 11.8 Å². The lowest BCUT2D eigenvalue weighted by atomic mass is 9.96. The highest BCUT2D eigenvalue weighted by molar-refractivity contribution is 9.10. The Labute approximate surface area is 213 Å². The molecular formula is C25H23BrN2O4S2. The van der Waals surface area contributed by atoms with Crippen molar-refractivity contribution in [1.29, 1.82) is 0 Å². The summed E-state index contributed by atoms with van der Waals surface area (Å²) in [7, 11) is 1.60. The third-order valence-corrected chi connectivity index (χ3v) is 7.77. The van der Waals surface area contributed by atoms with E-state index in [1.165, 1.54) is 11.3 Å². The van der Waals surface area contributed by atoms with Gasteiger partial charge in [-0.1, -0.05) is 29.5 Å². The van der Waals surface area contributed by atoms with Crippen molar-refractivity contribution >= 4 is 51.1 Å². The predicted molar refractivity (Wildman–Crippen MR) is 139 cm³/mol. The number of fused-ring (bicyclic) bond motifs is 1. The zero-order chi connectivity index (χ0) is 24.4. The molecule has 176 valence electrons. The molecule has 0 saturated carbocycles. The number of hydrogen-bond donors (Lipinski definition) is 0. The molecule has 0 radical (unpaired) electrons. The second kappa shape index (κ2) is 10.3. The van der Waals surface area contributed by atoms with E-state index in [4.69, 9.17) is 9.47 Å². The van der Waals surface area contributed by atoms with E-state index in [0.717, 1.165) is 20.5 Å². The number of rotatable bonds is 6. The molecule has 4 rings (SSSR count). The summed E-state index contributed by atoms with van der Waals surface area (Å²) in [5, 5.41) is 0. The average Bonchev–Trinajstić information content (AvgIpc) is 3.12. The summed E-state index contributed by atoms with van der Waals surface area (Å²) >= 11 is 6.42. The molecule has 0 amide bonds. The zero-order valence-corrected chi connectivity index (χ0v) is 22.3. The highest BCUT2D eigenvalue weighted by Crippen LogP contribution is 2.32. The van der Waals surface area contributed by atoms with Crippen LogP contribution in [0.4, 0.5) is 0 Å². The van der Waals surface area contributed by atoms with Gasteiger partial charge in [0.2, 0.25) is 0 Å². The van der Waals surface area contributed by atoms with Crippen molar-refractivity contribution in [2.75, 3.05) is 20.0 Å². The Morgan fingerprint density at radius 3 is 2.62 bits per heavy atom. The summed E-state index contributed by atoms with van der Waals surface area (Å²) < 4.78 is 13.6. The molecule has 0 fully saturated rings. The Morgan fingerprint density at radius 2 is 2.00 bits per heavy atom. The van der Waals surface area contributed by atoms with E-state index in [9.17, 15) is 9.59 Å². The highest BCUT2D eigenvalue weighted by Gasteiger charge is 2.33. The van der Waals surface area contributed by atoms with E-state index in [1.54, 1.807) is 37.3 Å².